The minimum Gasteiger partial charge on any atom is -0.381 e. The van der Waals surface area contributed by atoms with E-state index in [-0.39, 0.29) is 0 Å². The molecule has 0 saturated heterocycles. The summed E-state index contributed by atoms with van der Waals surface area (Å²) in [5.74, 6) is 0. The number of nitrogens with zero attached hydrogens (tertiary/aromatic N) is 1. The van der Waals surface area contributed by atoms with Crippen LogP contribution in [0.1, 0.15) is 24.5 Å². The van der Waals surface area contributed by atoms with E-state index in [4.69, 9.17) is 11.6 Å². The predicted octanol–water partition coefficient (Wildman–Crippen LogP) is 4.47. The van der Waals surface area contributed by atoms with Gasteiger partial charge in [-0.1, -0.05) is 24.6 Å². The first-order chi connectivity index (χ1) is 8.70. The van der Waals surface area contributed by atoms with E-state index in [0.29, 0.717) is 0 Å². The van der Waals surface area contributed by atoms with E-state index in [1.54, 1.807) is 0 Å². The lowest BCUT2D eigenvalue weighted by Gasteiger charge is -2.09. The maximum atomic E-state index is 6.10. The van der Waals surface area contributed by atoms with Gasteiger partial charge in [0.15, 0.2) is 0 Å². The number of hydrogen-bond donors (Lipinski definition) is 1. The van der Waals surface area contributed by atoms with Crippen LogP contribution < -0.4 is 5.32 Å². The van der Waals surface area contributed by atoms with Crippen molar-refractivity contribution in [2.24, 2.45) is 0 Å². The van der Waals surface area contributed by atoms with Gasteiger partial charge in [-0.05, 0) is 42.7 Å². The van der Waals surface area contributed by atoms with Gasteiger partial charge in [-0.3, -0.25) is 0 Å². The molecule has 0 unspecified atom stereocenters. The van der Waals surface area contributed by atoms with Crippen LogP contribution in [-0.2, 0) is 13.1 Å². The number of rotatable bonds is 5. The molecule has 0 bridgehead atoms. The molecule has 1 aromatic carbocycles. The molecule has 2 nitrogen and oxygen atoms in total. The van der Waals surface area contributed by atoms with Crippen LogP contribution in [0.15, 0.2) is 36.7 Å². The molecule has 1 aromatic heterocycles. The predicted molar refractivity (Wildman–Crippen MR) is 78.2 cm³/mol. The van der Waals surface area contributed by atoms with E-state index in [1.807, 2.05) is 19.1 Å². The molecule has 0 spiro atoms. The Hall–Kier alpha value is -1.41. The average Bonchev–Trinajstić information content (AvgIpc) is 2.79. The second-order valence-corrected chi connectivity index (χ2v) is 4.93. The minimum absolute atomic E-state index is 0.809. The Morgan fingerprint density at radius 3 is 2.89 bits per heavy atom. The van der Waals surface area contributed by atoms with Gasteiger partial charge < -0.3 is 9.88 Å². The molecule has 2 aromatic rings. The van der Waals surface area contributed by atoms with Crippen molar-refractivity contribution < 1.29 is 0 Å². The Bertz CT molecular complexity index is 517. The molecule has 0 aliphatic carbocycles. The zero-order valence-electron chi connectivity index (χ0n) is 10.9. The number of benzene rings is 1. The van der Waals surface area contributed by atoms with Crippen LogP contribution in [0.25, 0.3) is 0 Å². The van der Waals surface area contributed by atoms with Gasteiger partial charge in [0.05, 0.1) is 0 Å². The highest BCUT2D eigenvalue weighted by molar-refractivity contribution is 6.31. The zero-order chi connectivity index (χ0) is 13.0. The number of nitrogens with one attached hydrogen (secondary N) is 1. The number of hydrogen-bond acceptors (Lipinski definition) is 1. The normalized spacial score (nSPS) is 10.6. The summed E-state index contributed by atoms with van der Waals surface area (Å²) in [6, 6.07) is 8.10. The summed E-state index contributed by atoms with van der Waals surface area (Å²) in [5.41, 5.74) is 3.50. The van der Waals surface area contributed by atoms with Gasteiger partial charge in [0, 0.05) is 36.2 Å². The van der Waals surface area contributed by atoms with Crippen LogP contribution in [0.5, 0.6) is 0 Å². The van der Waals surface area contributed by atoms with Crippen molar-refractivity contribution in [2.45, 2.75) is 33.4 Å². The summed E-state index contributed by atoms with van der Waals surface area (Å²) in [5, 5.41) is 4.24. The second-order valence-electron chi connectivity index (χ2n) is 4.52. The summed E-state index contributed by atoms with van der Waals surface area (Å²) >= 11 is 6.10. The van der Waals surface area contributed by atoms with Crippen LogP contribution in [0.4, 0.5) is 5.69 Å². The van der Waals surface area contributed by atoms with Crippen molar-refractivity contribution in [2.75, 3.05) is 5.32 Å². The third-order valence-corrected chi connectivity index (χ3v) is 3.45. The van der Waals surface area contributed by atoms with Gasteiger partial charge in [-0.25, -0.2) is 0 Å². The molecule has 0 aliphatic heterocycles. The van der Waals surface area contributed by atoms with E-state index in [2.05, 4.69) is 41.3 Å². The lowest BCUT2D eigenvalue weighted by molar-refractivity contribution is 0.681. The highest BCUT2D eigenvalue weighted by Crippen LogP contribution is 2.23. The molecule has 0 radical (unpaired) electrons. The highest BCUT2D eigenvalue weighted by Gasteiger charge is 2.02. The third kappa shape index (κ3) is 3.08. The molecule has 3 heteroatoms. The number of aryl methyl sites for hydroxylation is 1. The molecule has 0 atom stereocenters. The van der Waals surface area contributed by atoms with Gasteiger partial charge in [-0.2, -0.15) is 0 Å². The molecule has 2 rings (SSSR count). The first kappa shape index (κ1) is 13.0. The van der Waals surface area contributed by atoms with Gasteiger partial charge in [-0.15, -0.1) is 0 Å². The fraction of sp³-hybridized carbons (Fsp3) is 0.333. The lowest BCUT2D eigenvalue weighted by atomic mass is 10.2. The van der Waals surface area contributed by atoms with Crippen molar-refractivity contribution in [3.8, 4) is 0 Å². The minimum atomic E-state index is 0.809. The SMILES string of the molecule is CCCn1ccc(CNc2cccc(Cl)c2C)c1. The van der Waals surface area contributed by atoms with E-state index in [0.717, 1.165) is 35.8 Å². The topological polar surface area (TPSA) is 17.0 Å². The Kier molecular flexibility index (Phi) is 4.32. The third-order valence-electron chi connectivity index (χ3n) is 3.04. The monoisotopic (exact) mass is 262 g/mol. The fourth-order valence-electron chi connectivity index (χ4n) is 1.99. The molecule has 0 aliphatic rings. The van der Waals surface area contributed by atoms with Gasteiger partial charge in [0.1, 0.15) is 0 Å². The second kappa shape index (κ2) is 5.96. The molecule has 0 fully saturated rings. The fourth-order valence-corrected chi connectivity index (χ4v) is 2.16. The average molecular weight is 263 g/mol. The van der Waals surface area contributed by atoms with E-state index in [1.165, 1.54) is 5.56 Å². The molecule has 1 heterocycles. The Balaban J connectivity index is 2.00. The molecule has 96 valence electrons. The summed E-state index contributed by atoms with van der Waals surface area (Å²) in [6.45, 7) is 6.13. The van der Waals surface area contributed by atoms with Gasteiger partial charge in [0.2, 0.25) is 0 Å². The van der Waals surface area contributed by atoms with Crippen molar-refractivity contribution >= 4 is 17.3 Å². The summed E-state index contributed by atoms with van der Waals surface area (Å²) in [4.78, 5) is 0. The summed E-state index contributed by atoms with van der Waals surface area (Å²) in [6.07, 6.45) is 5.48. The molecule has 1 N–H and O–H groups in total. The van der Waals surface area contributed by atoms with Gasteiger partial charge >= 0.3 is 0 Å². The van der Waals surface area contributed by atoms with Crippen LogP contribution in [-0.4, -0.2) is 4.57 Å². The highest BCUT2D eigenvalue weighted by atomic mass is 35.5. The zero-order valence-corrected chi connectivity index (χ0v) is 11.7. The number of aromatic nitrogens is 1. The van der Waals surface area contributed by atoms with Crippen molar-refractivity contribution in [1.82, 2.24) is 4.57 Å². The Morgan fingerprint density at radius 1 is 1.28 bits per heavy atom. The quantitative estimate of drug-likeness (QED) is 0.841. The number of halogens is 1. The summed E-state index contributed by atoms with van der Waals surface area (Å²) in [7, 11) is 0. The Labute approximate surface area is 114 Å². The maximum absolute atomic E-state index is 6.10. The molecular weight excluding hydrogens is 244 g/mol. The van der Waals surface area contributed by atoms with Crippen molar-refractivity contribution in [3.05, 3.63) is 52.8 Å². The smallest absolute Gasteiger partial charge is 0.0455 e. The van der Waals surface area contributed by atoms with Crippen molar-refractivity contribution in [1.29, 1.82) is 0 Å². The maximum Gasteiger partial charge on any atom is 0.0455 e. The number of anilines is 1. The van der Waals surface area contributed by atoms with Crippen LogP contribution >= 0.6 is 11.6 Å². The molecule has 0 saturated carbocycles. The van der Waals surface area contributed by atoms with Crippen LogP contribution in [0.3, 0.4) is 0 Å². The first-order valence-corrected chi connectivity index (χ1v) is 6.72. The standard InChI is InChI=1S/C15H19ClN2/c1-3-8-18-9-7-13(11-18)10-17-15-6-4-5-14(16)12(15)2/h4-7,9,11,17H,3,8,10H2,1-2H3. The Morgan fingerprint density at radius 2 is 2.11 bits per heavy atom. The van der Waals surface area contributed by atoms with E-state index in [9.17, 15) is 0 Å². The molecule has 18 heavy (non-hydrogen) atoms. The van der Waals surface area contributed by atoms with E-state index < -0.39 is 0 Å². The lowest BCUT2D eigenvalue weighted by Crippen LogP contribution is -2.00. The van der Waals surface area contributed by atoms with Gasteiger partial charge in [0.25, 0.3) is 0 Å². The van der Waals surface area contributed by atoms with Crippen LogP contribution in [0, 0.1) is 6.92 Å². The first-order valence-electron chi connectivity index (χ1n) is 6.34. The summed E-state index contributed by atoms with van der Waals surface area (Å²) < 4.78 is 2.22. The molecule has 0 amide bonds. The van der Waals surface area contributed by atoms with Crippen LogP contribution in [0.2, 0.25) is 5.02 Å². The van der Waals surface area contributed by atoms with E-state index >= 15 is 0 Å². The molecular formula is C15H19ClN2. The van der Waals surface area contributed by atoms with Crippen molar-refractivity contribution in [3.63, 3.8) is 0 Å². The largest absolute Gasteiger partial charge is 0.381 e.